The maximum Gasteiger partial charge on any atom is 0.309 e. The Kier molecular flexibility index (Phi) is 3.42. The predicted molar refractivity (Wildman–Crippen MR) is 73.4 cm³/mol. The van der Waals surface area contributed by atoms with Gasteiger partial charge in [-0.1, -0.05) is 12.1 Å². The summed E-state index contributed by atoms with van der Waals surface area (Å²) >= 11 is 0. The Balaban J connectivity index is 2.27. The van der Waals surface area contributed by atoms with Crippen molar-refractivity contribution in [1.29, 1.82) is 0 Å². The van der Waals surface area contributed by atoms with Gasteiger partial charge in [0.2, 0.25) is 0 Å². The third-order valence-corrected chi connectivity index (χ3v) is 3.11. The van der Waals surface area contributed by atoms with Crippen LogP contribution in [0.1, 0.15) is 25.0 Å². The Bertz CT molecular complexity index is 600. The van der Waals surface area contributed by atoms with Crippen LogP contribution < -0.4 is 0 Å². The van der Waals surface area contributed by atoms with Gasteiger partial charge in [-0.2, -0.15) is 5.10 Å². The van der Waals surface area contributed by atoms with Crippen LogP contribution in [0.3, 0.4) is 0 Å². The summed E-state index contributed by atoms with van der Waals surface area (Å²) in [5.41, 5.74) is 2.28. The average Bonchev–Trinajstić information content (AvgIpc) is 2.75. The Labute approximate surface area is 112 Å². The van der Waals surface area contributed by atoms with Gasteiger partial charge < -0.3 is 5.11 Å². The molecule has 4 nitrogen and oxygen atoms in total. The lowest BCUT2D eigenvalue weighted by molar-refractivity contribution is -0.146. The highest BCUT2D eigenvalue weighted by Gasteiger charge is 2.27. The van der Waals surface area contributed by atoms with Crippen LogP contribution in [-0.2, 0) is 11.2 Å². The van der Waals surface area contributed by atoms with Crippen LogP contribution in [0, 0.1) is 12.3 Å². The lowest BCUT2D eigenvalue weighted by Crippen LogP contribution is -2.26. The van der Waals surface area contributed by atoms with Crippen LogP contribution in [0.2, 0.25) is 0 Å². The third-order valence-electron chi connectivity index (χ3n) is 3.11. The summed E-state index contributed by atoms with van der Waals surface area (Å²) in [5, 5.41) is 13.4. The van der Waals surface area contributed by atoms with E-state index in [4.69, 9.17) is 0 Å². The second kappa shape index (κ2) is 4.88. The normalized spacial score (nSPS) is 11.5. The van der Waals surface area contributed by atoms with Gasteiger partial charge in [-0.15, -0.1) is 0 Å². The van der Waals surface area contributed by atoms with Crippen molar-refractivity contribution in [3.8, 4) is 5.69 Å². The summed E-state index contributed by atoms with van der Waals surface area (Å²) in [5.74, 6) is -0.784. The molecule has 4 heteroatoms. The molecule has 0 radical (unpaired) electrons. The van der Waals surface area contributed by atoms with Crippen LogP contribution in [0.4, 0.5) is 0 Å². The van der Waals surface area contributed by atoms with Crippen molar-refractivity contribution in [2.45, 2.75) is 27.2 Å². The van der Waals surface area contributed by atoms with Gasteiger partial charge in [0, 0.05) is 6.20 Å². The van der Waals surface area contributed by atoms with Gasteiger partial charge in [0.1, 0.15) is 0 Å². The van der Waals surface area contributed by atoms with E-state index in [1.807, 2.05) is 37.4 Å². The first-order chi connectivity index (χ1) is 8.88. The molecule has 0 saturated carbocycles. The standard InChI is InChI=1S/C15H18N2O2/c1-11-9-16-17(10-11)13-6-4-5-12(7-13)8-15(2,3)14(18)19/h4-7,9-10H,8H2,1-3H3,(H,18,19). The van der Waals surface area contributed by atoms with Crippen molar-refractivity contribution >= 4 is 5.97 Å². The van der Waals surface area contributed by atoms with Crippen molar-refractivity contribution in [2.75, 3.05) is 0 Å². The largest absolute Gasteiger partial charge is 0.481 e. The van der Waals surface area contributed by atoms with E-state index >= 15 is 0 Å². The van der Waals surface area contributed by atoms with E-state index in [1.54, 1.807) is 24.7 Å². The molecule has 19 heavy (non-hydrogen) atoms. The van der Waals surface area contributed by atoms with E-state index in [9.17, 15) is 9.90 Å². The molecule has 0 saturated heterocycles. The molecule has 0 atom stereocenters. The molecule has 1 N–H and O–H groups in total. The molecule has 0 amide bonds. The summed E-state index contributed by atoms with van der Waals surface area (Å²) in [4.78, 5) is 11.2. The van der Waals surface area contributed by atoms with E-state index in [1.165, 1.54) is 0 Å². The average molecular weight is 258 g/mol. The molecule has 0 spiro atoms. The summed E-state index contributed by atoms with van der Waals surface area (Å²) in [7, 11) is 0. The molecule has 1 aromatic carbocycles. The van der Waals surface area contributed by atoms with Gasteiger partial charge in [-0.25, -0.2) is 4.68 Å². The van der Waals surface area contributed by atoms with Crippen molar-refractivity contribution in [2.24, 2.45) is 5.41 Å². The zero-order valence-corrected chi connectivity index (χ0v) is 11.4. The molecular weight excluding hydrogens is 240 g/mol. The van der Waals surface area contributed by atoms with Crippen LogP contribution in [0.25, 0.3) is 5.69 Å². The Hall–Kier alpha value is -2.10. The molecule has 0 unspecified atom stereocenters. The van der Waals surface area contributed by atoms with Crippen LogP contribution in [-0.4, -0.2) is 20.9 Å². The first-order valence-electron chi connectivity index (χ1n) is 6.22. The molecule has 1 heterocycles. The van der Waals surface area contributed by atoms with Crippen molar-refractivity contribution in [3.05, 3.63) is 47.8 Å². The van der Waals surface area contributed by atoms with E-state index in [0.717, 1.165) is 16.8 Å². The van der Waals surface area contributed by atoms with Gasteiger partial charge in [-0.05, 0) is 50.5 Å². The smallest absolute Gasteiger partial charge is 0.309 e. The minimum Gasteiger partial charge on any atom is -0.481 e. The highest BCUT2D eigenvalue weighted by molar-refractivity contribution is 5.74. The van der Waals surface area contributed by atoms with Crippen LogP contribution in [0.5, 0.6) is 0 Å². The van der Waals surface area contributed by atoms with Gasteiger partial charge in [-0.3, -0.25) is 4.79 Å². The van der Waals surface area contributed by atoms with E-state index in [0.29, 0.717) is 6.42 Å². The molecule has 2 aromatic rings. The lowest BCUT2D eigenvalue weighted by atomic mass is 9.86. The zero-order valence-electron chi connectivity index (χ0n) is 11.4. The summed E-state index contributed by atoms with van der Waals surface area (Å²) in [6.07, 6.45) is 4.24. The monoisotopic (exact) mass is 258 g/mol. The van der Waals surface area contributed by atoms with Gasteiger partial charge in [0.25, 0.3) is 0 Å². The lowest BCUT2D eigenvalue weighted by Gasteiger charge is -2.19. The fraction of sp³-hybridized carbons (Fsp3) is 0.333. The number of benzene rings is 1. The molecule has 100 valence electrons. The number of nitrogens with zero attached hydrogens (tertiary/aromatic N) is 2. The third kappa shape index (κ3) is 3.02. The number of aryl methyl sites for hydroxylation is 1. The zero-order chi connectivity index (χ0) is 14.0. The Morgan fingerprint density at radius 3 is 2.74 bits per heavy atom. The Morgan fingerprint density at radius 1 is 1.42 bits per heavy atom. The summed E-state index contributed by atoms with van der Waals surface area (Å²) < 4.78 is 1.80. The van der Waals surface area contributed by atoms with Gasteiger partial charge >= 0.3 is 5.97 Å². The molecule has 0 aliphatic carbocycles. The van der Waals surface area contributed by atoms with Crippen molar-refractivity contribution < 1.29 is 9.90 Å². The highest BCUT2D eigenvalue weighted by Crippen LogP contribution is 2.23. The molecule has 1 aromatic heterocycles. The van der Waals surface area contributed by atoms with Crippen molar-refractivity contribution in [3.63, 3.8) is 0 Å². The summed E-state index contributed by atoms with van der Waals surface area (Å²) in [6, 6.07) is 7.82. The second-order valence-electron chi connectivity index (χ2n) is 5.50. The fourth-order valence-electron chi connectivity index (χ4n) is 1.95. The SMILES string of the molecule is Cc1cnn(-c2cccc(CC(C)(C)C(=O)O)c2)c1. The molecule has 2 rings (SSSR count). The maximum atomic E-state index is 11.2. The molecule has 0 aliphatic rings. The second-order valence-corrected chi connectivity index (χ2v) is 5.50. The minimum atomic E-state index is -0.784. The number of carbonyl (C=O) groups is 1. The van der Waals surface area contributed by atoms with Crippen LogP contribution in [0.15, 0.2) is 36.7 Å². The van der Waals surface area contributed by atoms with E-state index < -0.39 is 11.4 Å². The number of hydrogen-bond donors (Lipinski definition) is 1. The first-order valence-corrected chi connectivity index (χ1v) is 6.22. The number of carboxylic acid groups (broad SMARTS) is 1. The highest BCUT2D eigenvalue weighted by atomic mass is 16.4. The minimum absolute atomic E-state index is 0.496. The number of carboxylic acids is 1. The predicted octanol–water partition coefficient (Wildman–Crippen LogP) is 2.83. The quantitative estimate of drug-likeness (QED) is 0.917. The maximum absolute atomic E-state index is 11.2. The first kappa shape index (κ1) is 13.3. The van der Waals surface area contributed by atoms with E-state index in [2.05, 4.69) is 5.10 Å². The van der Waals surface area contributed by atoms with E-state index in [-0.39, 0.29) is 0 Å². The van der Waals surface area contributed by atoms with Crippen LogP contribution >= 0.6 is 0 Å². The Morgan fingerprint density at radius 2 is 2.16 bits per heavy atom. The van der Waals surface area contributed by atoms with Gasteiger partial charge in [0.15, 0.2) is 0 Å². The number of aliphatic carboxylic acids is 1. The van der Waals surface area contributed by atoms with Crippen molar-refractivity contribution in [1.82, 2.24) is 9.78 Å². The molecule has 0 aliphatic heterocycles. The number of aromatic nitrogens is 2. The topological polar surface area (TPSA) is 55.1 Å². The molecule has 0 bridgehead atoms. The van der Waals surface area contributed by atoms with Gasteiger partial charge in [0.05, 0.1) is 17.3 Å². The number of rotatable bonds is 4. The number of hydrogen-bond acceptors (Lipinski definition) is 2. The molecular formula is C15H18N2O2. The summed E-state index contributed by atoms with van der Waals surface area (Å²) in [6.45, 7) is 5.46. The molecule has 0 fully saturated rings. The fourth-order valence-corrected chi connectivity index (χ4v) is 1.95.